The van der Waals surface area contributed by atoms with Gasteiger partial charge in [-0.3, -0.25) is 0 Å². The van der Waals surface area contributed by atoms with Gasteiger partial charge in [0, 0.05) is 36.7 Å². The number of anilines is 2. The molecule has 0 aliphatic carbocycles. The van der Waals surface area contributed by atoms with Gasteiger partial charge in [0.05, 0.1) is 11.2 Å². The van der Waals surface area contributed by atoms with Gasteiger partial charge in [-0.1, -0.05) is 0 Å². The third-order valence-corrected chi connectivity index (χ3v) is 3.76. The van der Waals surface area contributed by atoms with E-state index in [0.717, 1.165) is 30.2 Å². The number of aryl methyl sites for hydroxylation is 2. The van der Waals surface area contributed by atoms with E-state index in [1.807, 2.05) is 32.5 Å². The molecule has 0 unspecified atom stereocenters. The Bertz CT molecular complexity index is 517. The third-order valence-electron chi connectivity index (χ3n) is 2.77. The van der Waals surface area contributed by atoms with Gasteiger partial charge in [0.15, 0.2) is 0 Å². The molecule has 96 valence electrons. The fraction of sp³-hybridized carbons (Fsp3) is 0.417. The average Bonchev–Trinajstić information content (AvgIpc) is 2.70. The minimum Gasteiger partial charge on any atom is -0.368 e. The fourth-order valence-corrected chi connectivity index (χ4v) is 2.49. The third kappa shape index (κ3) is 2.95. The van der Waals surface area contributed by atoms with E-state index in [-0.39, 0.29) is 0 Å². The van der Waals surface area contributed by atoms with Gasteiger partial charge < -0.3 is 10.6 Å². The van der Waals surface area contributed by atoms with Crippen molar-refractivity contribution in [2.45, 2.75) is 20.3 Å². The van der Waals surface area contributed by atoms with Gasteiger partial charge >= 0.3 is 0 Å². The molecule has 2 N–H and O–H groups in total. The first-order chi connectivity index (χ1) is 8.56. The van der Waals surface area contributed by atoms with E-state index < -0.39 is 0 Å². The van der Waals surface area contributed by atoms with E-state index >= 15 is 0 Å². The van der Waals surface area contributed by atoms with Crippen molar-refractivity contribution >= 4 is 23.1 Å². The maximum absolute atomic E-state index is 5.66. The topological polar surface area (TPSA) is 67.9 Å². The molecule has 6 heteroatoms. The standard InChI is InChI=1S/C12H17N5S/c1-8-6-11(16-12(13)15-8)17(3)5-4-10-9(2)14-7-18-10/h6-7H,4-5H2,1-3H3,(H2,13,15,16). The summed E-state index contributed by atoms with van der Waals surface area (Å²) in [4.78, 5) is 16.0. The van der Waals surface area contributed by atoms with Crippen molar-refractivity contribution in [3.05, 3.63) is 27.8 Å². The van der Waals surface area contributed by atoms with Crippen LogP contribution in [-0.4, -0.2) is 28.5 Å². The zero-order valence-corrected chi connectivity index (χ0v) is 11.7. The average molecular weight is 263 g/mol. The summed E-state index contributed by atoms with van der Waals surface area (Å²) in [5.41, 5.74) is 9.55. The molecule has 5 nitrogen and oxygen atoms in total. The Hall–Kier alpha value is -1.69. The van der Waals surface area contributed by atoms with Crippen LogP contribution in [0.25, 0.3) is 0 Å². The predicted octanol–water partition coefficient (Wildman–Crippen LogP) is 1.81. The molecule has 0 saturated carbocycles. The van der Waals surface area contributed by atoms with Crippen molar-refractivity contribution in [2.75, 3.05) is 24.2 Å². The van der Waals surface area contributed by atoms with Gasteiger partial charge in [-0.25, -0.2) is 9.97 Å². The molecule has 0 aliphatic rings. The van der Waals surface area contributed by atoms with Crippen LogP contribution in [-0.2, 0) is 6.42 Å². The lowest BCUT2D eigenvalue weighted by atomic mass is 10.3. The molecule has 0 spiro atoms. The van der Waals surface area contributed by atoms with Crippen LogP contribution in [0.1, 0.15) is 16.3 Å². The number of likely N-dealkylation sites (N-methyl/N-ethyl adjacent to an activating group) is 1. The van der Waals surface area contributed by atoms with E-state index in [9.17, 15) is 0 Å². The van der Waals surface area contributed by atoms with E-state index in [0.29, 0.717) is 5.95 Å². The molecule has 0 fully saturated rings. The molecule has 0 atom stereocenters. The van der Waals surface area contributed by atoms with Gasteiger partial charge in [0.2, 0.25) is 5.95 Å². The SMILES string of the molecule is Cc1cc(N(C)CCc2scnc2C)nc(N)n1. The lowest BCUT2D eigenvalue weighted by Crippen LogP contribution is -2.22. The van der Waals surface area contributed by atoms with E-state index in [1.54, 1.807) is 11.3 Å². The minimum absolute atomic E-state index is 0.325. The molecule has 0 radical (unpaired) electrons. The maximum atomic E-state index is 5.66. The first-order valence-electron chi connectivity index (χ1n) is 5.77. The Morgan fingerprint density at radius 1 is 1.33 bits per heavy atom. The molecule has 0 bridgehead atoms. The van der Waals surface area contributed by atoms with Gasteiger partial charge in [-0.15, -0.1) is 11.3 Å². The van der Waals surface area contributed by atoms with Crippen LogP contribution in [0.2, 0.25) is 0 Å². The van der Waals surface area contributed by atoms with Crippen LogP contribution < -0.4 is 10.6 Å². The smallest absolute Gasteiger partial charge is 0.222 e. The number of hydrogen-bond acceptors (Lipinski definition) is 6. The molecular weight excluding hydrogens is 246 g/mol. The largest absolute Gasteiger partial charge is 0.368 e. The summed E-state index contributed by atoms with van der Waals surface area (Å²) in [6, 6.07) is 1.94. The second-order valence-electron chi connectivity index (χ2n) is 4.26. The fourth-order valence-electron chi connectivity index (χ4n) is 1.72. The van der Waals surface area contributed by atoms with Crippen molar-refractivity contribution in [3.63, 3.8) is 0 Å². The first kappa shape index (κ1) is 12.8. The summed E-state index contributed by atoms with van der Waals surface area (Å²) in [6.45, 7) is 4.85. The second kappa shape index (κ2) is 5.30. The summed E-state index contributed by atoms with van der Waals surface area (Å²) in [7, 11) is 2.01. The molecule has 18 heavy (non-hydrogen) atoms. The van der Waals surface area contributed by atoms with Gasteiger partial charge in [0.1, 0.15) is 5.82 Å². The quantitative estimate of drug-likeness (QED) is 0.911. The Morgan fingerprint density at radius 2 is 2.11 bits per heavy atom. The minimum atomic E-state index is 0.325. The zero-order chi connectivity index (χ0) is 13.1. The summed E-state index contributed by atoms with van der Waals surface area (Å²) in [5.74, 6) is 1.19. The first-order valence-corrected chi connectivity index (χ1v) is 6.65. The van der Waals surface area contributed by atoms with Crippen LogP contribution in [0.4, 0.5) is 11.8 Å². The highest BCUT2D eigenvalue weighted by atomic mass is 32.1. The van der Waals surface area contributed by atoms with Crippen molar-refractivity contribution in [1.29, 1.82) is 0 Å². The lowest BCUT2D eigenvalue weighted by molar-refractivity contribution is 0.857. The molecular formula is C12H17N5S. The van der Waals surface area contributed by atoms with E-state index in [4.69, 9.17) is 5.73 Å². The number of nitrogens with two attached hydrogens (primary N) is 1. The van der Waals surface area contributed by atoms with Gasteiger partial charge in [-0.05, 0) is 13.8 Å². The van der Waals surface area contributed by atoms with Crippen LogP contribution >= 0.6 is 11.3 Å². The Kier molecular flexibility index (Phi) is 3.76. The van der Waals surface area contributed by atoms with E-state index in [1.165, 1.54) is 4.88 Å². The lowest BCUT2D eigenvalue weighted by Gasteiger charge is -2.18. The molecule has 2 aromatic rings. The molecule has 2 heterocycles. The number of thiazole rings is 1. The molecule has 2 rings (SSSR count). The Morgan fingerprint density at radius 3 is 2.72 bits per heavy atom. The monoisotopic (exact) mass is 263 g/mol. The van der Waals surface area contributed by atoms with Crippen LogP contribution in [0.15, 0.2) is 11.6 Å². The van der Waals surface area contributed by atoms with Crippen molar-refractivity contribution < 1.29 is 0 Å². The highest BCUT2D eigenvalue weighted by molar-refractivity contribution is 7.09. The Balaban J connectivity index is 2.03. The van der Waals surface area contributed by atoms with Crippen LogP contribution in [0.3, 0.4) is 0 Å². The zero-order valence-electron chi connectivity index (χ0n) is 10.8. The number of nitrogen functional groups attached to an aromatic ring is 1. The summed E-state index contributed by atoms with van der Waals surface area (Å²) in [6.07, 6.45) is 0.968. The maximum Gasteiger partial charge on any atom is 0.222 e. The van der Waals surface area contributed by atoms with Crippen molar-refractivity contribution in [3.8, 4) is 0 Å². The number of rotatable bonds is 4. The van der Waals surface area contributed by atoms with Gasteiger partial charge in [0.25, 0.3) is 0 Å². The summed E-state index contributed by atoms with van der Waals surface area (Å²) in [5, 5.41) is 0. The van der Waals surface area contributed by atoms with Crippen LogP contribution in [0.5, 0.6) is 0 Å². The molecule has 0 amide bonds. The molecule has 2 aromatic heterocycles. The highest BCUT2D eigenvalue weighted by Crippen LogP contribution is 2.16. The second-order valence-corrected chi connectivity index (χ2v) is 5.20. The molecule has 0 saturated heterocycles. The van der Waals surface area contributed by atoms with E-state index in [2.05, 4.69) is 19.9 Å². The van der Waals surface area contributed by atoms with Crippen molar-refractivity contribution in [2.24, 2.45) is 0 Å². The number of hydrogen-bond donors (Lipinski definition) is 1. The van der Waals surface area contributed by atoms with Crippen molar-refractivity contribution in [1.82, 2.24) is 15.0 Å². The predicted molar refractivity (Wildman–Crippen MR) is 75.0 cm³/mol. The highest BCUT2D eigenvalue weighted by Gasteiger charge is 2.07. The number of nitrogens with zero attached hydrogens (tertiary/aromatic N) is 4. The number of aromatic nitrogens is 3. The molecule has 0 aliphatic heterocycles. The normalized spacial score (nSPS) is 10.6. The van der Waals surface area contributed by atoms with Crippen LogP contribution in [0, 0.1) is 13.8 Å². The molecule has 0 aromatic carbocycles. The summed E-state index contributed by atoms with van der Waals surface area (Å²) < 4.78 is 0. The van der Waals surface area contributed by atoms with Gasteiger partial charge in [-0.2, -0.15) is 4.98 Å². The summed E-state index contributed by atoms with van der Waals surface area (Å²) >= 11 is 1.70. The Labute approximate surface area is 111 Å².